The normalized spacial score (nSPS) is 15.7. The van der Waals surface area contributed by atoms with E-state index in [4.69, 9.17) is 5.11 Å². The average molecular weight is 240 g/mol. The Labute approximate surface area is 78.0 Å². The molecule has 88 valence electrons. The summed E-state index contributed by atoms with van der Waals surface area (Å²) in [4.78, 5) is 9.95. The van der Waals surface area contributed by atoms with E-state index in [-0.39, 0.29) is 0 Å². The molecule has 0 saturated heterocycles. The minimum Gasteiger partial charge on any atom is -0.478 e. The van der Waals surface area contributed by atoms with Crippen LogP contribution < -0.4 is 0 Å². The number of aliphatic carboxylic acids is 1. The van der Waals surface area contributed by atoms with E-state index in [1.807, 2.05) is 0 Å². The van der Waals surface area contributed by atoms with Crippen LogP contribution in [0.2, 0.25) is 0 Å². The number of rotatable bonds is 3. The highest BCUT2D eigenvalue weighted by Gasteiger charge is 2.62. The molecule has 1 N–H and O–H groups in total. The number of carboxylic acid groups (broad SMARTS) is 1. The number of hydrogen-bond donors (Lipinski definition) is 1. The number of halogens is 7. The number of carbonyl (C=O) groups is 1. The smallest absolute Gasteiger partial charge is 0.429 e. The van der Waals surface area contributed by atoms with Crippen molar-refractivity contribution in [2.24, 2.45) is 0 Å². The zero-order valence-corrected chi connectivity index (χ0v) is 6.71. The molecule has 9 heteroatoms. The molecule has 15 heavy (non-hydrogen) atoms. The van der Waals surface area contributed by atoms with Crippen molar-refractivity contribution in [1.29, 1.82) is 0 Å². The van der Waals surface area contributed by atoms with Crippen LogP contribution in [0.4, 0.5) is 30.7 Å². The van der Waals surface area contributed by atoms with E-state index < -0.39 is 36.1 Å². The zero-order chi connectivity index (χ0) is 12.4. The molecule has 0 aliphatic rings. The van der Waals surface area contributed by atoms with E-state index in [0.717, 1.165) is 0 Å². The second kappa shape index (κ2) is 4.07. The minimum absolute atomic E-state index is 2.87. The van der Waals surface area contributed by atoms with E-state index in [9.17, 15) is 35.5 Å². The fourth-order valence-corrected chi connectivity index (χ4v) is 0.684. The van der Waals surface area contributed by atoms with Crippen LogP contribution in [0.1, 0.15) is 0 Å². The fraction of sp³-hybridized carbons (Fsp3) is 0.500. The van der Waals surface area contributed by atoms with Crippen molar-refractivity contribution >= 4 is 5.97 Å². The van der Waals surface area contributed by atoms with Gasteiger partial charge in [-0.25, -0.2) is 13.6 Å². The summed E-state index contributed by atoms with van der Waals surface area (Å²) >= 11 is 0. The van der Waals surface area contributed by atoms with Crippen LogP contribution in [-0.4, -0.2) is 29.6 Å². The molecule has 1 unspecified atom stereocenters. The van der Waals surface area contributed by atoms with Crippen LogP contribution >= 0.6 is 0 Å². The van der Waals surface area contributed by atoms with E-state index in [2.05, 4.69) is 0 Å². The van der Waals surface area contributed by atoms with Crippen molar-refractivity contribution in [3.8, 4) is 0 Å². The van der Waals surface area contributed by atoms with Gasteiger partial charge in [0.2, 0.25) is 0 Å². The van der Waals surface area contributed by atoms with Gasteiger partial charge in [0, 0.05) is 0 Å². The topological polar surface area (TPSA) is 37.3 Å². The standard InChI is InChI=1S/C6H3F7O2/c7-1-5(10,6(11,12)13)2(3(8)9)4(14)15/h1H2,(H,14,15). The third-order valence-electron chi connectivity index (χ3n) is 1.43. The molecular weight excluding hydrogens is 237 g/mol. The molecular formula is C6H3F7O2. The van der Waals surface area contributed by atoms with Crippen LogP contribution in [0.3, 0.4) is 0 Å². The molecule has 0 bridgehead atoms. The summed E-state index contributed by atoms with van der Waals surface area (Å²) in [6.07, 6.45) is -9.50. The third-order valence-corrected chi connectivity index (χ3v) is 1.43. The predicted octanol–water partition coefficient (Wildman–Crippen LogP) is 2.46. The molecule has 1 atom stereocenters. The van der Waals surface area contributed by atoms with Crippen molar-refractivity contribution in [1.82, 2.24) is 0 Å². The van der Waals surface area contributed by atoms with Crippen LogP contribution in [0.25, 0.3) is 0 Å². The van der Waals surface area contributed by atoms with Crippen molar-refractivity contribution in [3.05, 3.63) is 11.7 Å². The first kappa shape index (κ1) is 13.7. The van der Waals surface area contributed by atoms with Crippen molar-refractivity contribution in [2.45, 2.75) is 11.8 Å². The third kappa shape index (κ3) is 2.39. The highest BCUT2D eigenvalue weighted by molar-refractivity contribution is 5.89. The van der Waals surface area contributed by atoms with Gasteiger partial charge in [0.25, 0.3) is 11.7 Å². The lowest BCUT2D eigenvalue weighted by Crippen LogP contribution is -2.47. The molecule has 0 aliphatic carbocycles. The van der Waals surface area contributed by atoms with E-state index in [1.165, 1.54) is 0 Å². The monoisotopic (exact) mass is 240 g/mol. The summed E-state index contributed by atoms with van der Waals surface area (Å²) in [5, 5.41) is 7.93. The Morgan fingerprint density at radius 2 is 1.53 bits per heavy atom. The average Bonchev–Trinajstić information content (AvgIpc) is 2.00. The lowest BCUT2D eigenvalue weighted by molar-refractivity contribution is -0.223. The lowest BCUT2D eigenvalue weighted by Gasteiger charge is -2.24. The number of hydrogen-bond acceptors (Lipinski definition) is 1. The minimum atomic E-state index is -6.07. The Hall–Kier alpha value is -1.28. The van der Waals surface area contributed by atoms with Gasteiger partial charge in [0.05, 0.1) is 0 Å². The van der Waals surface area contributed by atoms with Crippen LogP contribution in [-0.2, 0) is 4.79 Å². The summed E-state index contributed by atoms with van der Waals surface area (Å²) in [6.45, 7) is -2.94. The van der Waals surface area contributed by atoms with Crippen molar-refractivity contribution in [2.75, 3.05) is 6.67 Å². The Balaban J connectivity index is 5.67. The van der Waals surface area contributed by atoms with Crippen molar-refractivity contribution < 1.29 is 40.6 Å². The molecule has 0 heterocycles. The summed E-state index contributed by atoms with van der Waals surface area (Å²) in [5.41, 5.74) is -8.13. The quantitative estimate of drug-likeness (QED) is 0.607. The SMILES string of the molecule is O=C(O)C(=C(F)F)C(F)(CF)C(F)(F)F. The molecule has 0 rings (SSSR count). The molecule has 0 spiro atoms. The molecule has 0 aromatic carbocycles. The molecule has 0 aliphatic heterocycles. The molecule has 0 fully saturated rings. The lowest BCUT2D eigenvalue weighted by atomic mass is 9.97. The van der Waals surface area contributed by atoms with E-state index >= 15 is 0 Å². The van der Waals surface area contributed by atoms with Gasteiger partial charge in [0.1, 0.15) is 6.67 Å². The Kier molecular flexibility index (Phi) is 3.72. The van der Waals surface area contributed by atoms with E-state index in [0.29, 0.717) is 0 Å². The van der Waals surface area contributed by atoms with E-state index in [1.54, 1.807) is 0 Å². The van der Waals surface area contributed by atoms with Gasteiger partial charge in [-0.2, -0.15) is 22.0 Å². The Bertz CT molecular complexity index is 290. The first-order valence-electron chi connectivity index (χ1n) is 3.18. The second-order valence-corrected chi connectivity index (χ2v) is 2.37. The van der Waals surface area contributed by atoms with Crippen LogP contribution in [0, 0.1) is 0 Å². The summed E-state index contributed by atoms with van der Waals surface area (Å²) in [6, 6.07) is 0. The van der Waals surface area contributed by atoms with Gasteiger partial charge < -0.3 is 5.11 Å². The second-order valence-electron chi connectivity index (χ2n) is 2.37. The highest BCUT2D eigenvalue weighted by Crippen LogP contribution is 2.41. The molecule has 0 saturated carbocycles. The van der Waals surface area contributed by atoms with Gasteiger partial charge >= 0.3 is 12.1 Å². The van der Waals surface area contributed by atoms with Gasteiger partial charge in [-0.1, -0.05) is 0 Å². The maximum atomic E-state index is 12.8. The molecule has 0 radical (unpaired) electrons. The maximum absolute atomic E-state index is 12.8. The first-order chi connectivity index (χ1) is 6.58. The van der Waals surface area contributed by atoms with Gasteiger partial charge in [-0.15, -0.1) is 0 Å². The predicted molar refractivity (Wildman–Crippen MR) is 32.7 cm³/mol. The largest absolute Gasteiger partial charge is 0.478 e. The molecule has 2 nitrogen and oxygen atoms in total. The Morgan fingerprint density at radius 1 is 1.13 bits per heavy atom. The fourth-order valence-electron chi connectivity index (χ4n) is 0.684. The Morgan fingerprint density at radius 3 is 1.60 bits per heavy atom. The van der Waals surface area contributed by atoms with Gasteiger partial charge in [0.15, 0.2) is 5.57 Å². The summed E-state index contributed by atoms with van der Waals surface area (Å²) in [7, 11) is 0. The molecule has 0 aromatic rings. The van der Waals surface area contributed by atoms with Gasteiger partial charge in [-0.05, 0) is 0 Å². The number of carboxylic acids is 1. The maximum Gasteiger partial charge on any atom is 0.429 e. The van der Waals surface area contributed by atoms with Crippen LogP contribution in [0.5, 0.6) is 0 Å². The molecule has 0 aromatic heterocycles. The first-order valence-corrected chi connectivity index (χ1v) is 3.18. The summed E-state index contributed by atoms with van der Waals surface area (Å²) < 4.78 is 83.6. The molecule has 0 amide bonds. The van der Waals surface area contributed by atoms with Gasteiger partial charge in [-0.3, -0.25) is 0 Å². The zero-order valence-electron chi connectivity index (χ0n) is 6.71. The number of alkyl halides is 5. The highest BCUT2D eigenvalue weighted by atomic mass is 19.4. The van der Waals surface area contributed by atoms with Crippen LogP contribution in [0.15, 0.2) is 11.7 Å². The summed E-state index contributed by atoms with van der Waals surface area (Å²) in [5.74, 6) is -2.87. The van der Waals surface area contributed by atoms with Crippen molar-refractivity contribution in [3.63, 3.8) is 0 Å².